The molecule has 0 radical (unpaired) electrons. The largest absolute Gasteiger partial charge is 0.185 e. The Bertz CT molecular complexity index is 266. The highest BCUT2D eigenvalue weighted by molar-refractivity contribution is 8.04. The van der Waals surface area contributed by atoms with Crippen LogP contribution in [0.1, 0.15) is 40.0 Å². The minimum atomic E-state index is 0.415. The molecule has 0 aromatic rings. The van der Waals surface area contributed by atoms with Crippen molar-refractivity contribution in [2.75, 3.05) is 0 Å². The Hall–Kier alpha value is -0.160. The highest BCUT2D eigenvalue weighted by Gasteiger charge is 2.61. The second-order valence-electron chi connectivity index (χ2n) is 5.31. The molecule has 2 aliphatic carbocycles. The lowest BCUT2D eigenvalue weighted by Gasteiger charge is -2.37. The van der Waals surface area contributed by atoms with Gasteiger partial charge in [0, 0.05) is 5.25 Å². The van der Waals surface area contributed by atoms with Gasteiger partial charge in [0.2, 0.25) is 0 Å². The molecule has 2 saturated carbocycles. The van der Waals surface area contributed by atoms with Gasteiger partial charge in [-0.25, -0.2) is 0 Å². The summed E-state index contributed by atoms with van der Waals surface area (Å²) < 4.78 is 0. The van der Waals surface area contributed by atoms with Gasteiger partial charge in [0.15, 0.2) is 0 Å². The summed E-state index contributed by atoms with van der Waals surface area (Å²) in [6, 6.07) is 0. The van der Waals surface area contributed by atoms with Crippen molar-refractivity contribution in [2.24, 2.45) is 16.7 Å². The van der Waals surface area contributed by atoms with E-state index in [4.69, 9.17) is 5.26 Å². The molecule has 2 rings (SSSR count). The summed E-state index contributed by atoms with van der Waals surface area (Å²) in [6.45, 7) is 7.17. The molecular weight excluding hydrogens is 178 g/mol. The lowest BCUT2D eigenvalue weighted by atomic mass is 9.71. The number of thioether (sulfide) groups is 1. The van der Waals surface area contributed by atoms with Crippen LogP contribution in [0.25, 0.3) is 0 Å². The lowest BCUT2D eigenvalue weighted by Crippen LogP contribution is -2.33. The number of nitrogens with zero attached hydrogens (tertiary/aromatic N) is 1. The maximum absolute atomic E-state index is 8.75. The smallest absolute Gasteiger partial charge is 0.133 e. The molecule has 2 fully saturated rings. The Kier molecular flexibility index (Phi) is 1.93. The van der Waals surface area contributed by atoms with Gasteiger partial charge in [-0.2, -0.15) is 5.26 Å². The van der Waals surface area contributed by atoms with Crippen LogP contribution < -0.4 is 0 Å². The van der Waals surface area contributed by atoms with E-state index in [1.54, 1.807) is 0 Å². The van der Waals surface area contributed by atoms with E-state index in [9.17, 15) is 0 Å². The van der Waals surface area contributed by atoms with E-state index >= 15 is 0 Å². The van der Waals surface area contributed by atoms with E-state index in [0.717, 1.165) is 5.92 Å². The van der Waals surface area contributed by atoms with Gasteiger partial charge < -0.3 is 0 Å². The quantitative estimate of drug-likeness (QED) is 0.599. The van der Waals surface area contributed by atoms with Crippen molar-refractivity contribution in [1.29, 1.82) is 5.26 Å². The zero-order valence-electron chi connectivity index (χ0n) is 8.63. The Balaban J connectivity index is 2.29. The monoisotopic (exact) mass is 195 g/mol. The lowest BCUT2D eigenvalue weighted by molar-refractivity contribution is 0.157. The summed E-state index contributed by atoms with van der Waals surface area (Å²) in [5.41, 5.74) is 0.875. The Labute approximate surface area is 84.9 Å². The van der Waals surface area contributed by atoms with Gasteiger partial charge in [0.1, 0.15) is 5.40 Å². The molecule has 0 spiro atoms. The van der Waals surface area contributed by atoms with Gasteiger partial charge in [-0.05, 0) is 47.8 Å². The van der Waals surface area contributed by atoms with Crippen LogP contribution in [0.15, 0.2) is 0 Å². The molecule has 0 aromatic carbocycles. The molecule has 0 saturated heterocycles. The van der Waals surface area contributed by atoms with Crippen molar-refractivity contribution in [3.8, 4) is 5.40 Å². The summed E-state index contributed by atoms with van der Waals surface area (Å²) >= 11 is 1.51. The zero-order valence-corrected chi connectivity index (χ0v) is 9.45. The standard InChI is InChI=1S/C11H17NS/c1-10(2)8-4-5-11(10,3)9(6-8)13-7-12/h8-9H,4-6H2,1-3H3. The van der Waals surface area contributed by atoms with Crippen molar-refractivity contribution in [1.82, 2.24) is 0 Å². The Morgan fingerprint density at radius 1 is 1.38 bits per heavy atom. The molecule has 0 aliphatic heterocycles. The van der Waals surface area contributed by atoms with Crippen LogP contribution in [0.5, 0.6) is 0 Å². The van der Waals surface area contributed by atoms with Crippen molar-refractivity contribution in [3.05, 3.63) is 0 Å². The molecule has 3 atom stereocenters. The van der Waals surface area contributed by atoms with Crippen LogP contribution in [0.2, 0.25) is 0 Å². The van der Waals surface area contributed by atoms with Gasteiger partial charge >= 0.3 is 0 Å². The second kappa shape index (κ2) is 2.67. The van der Waals surface area contributed by atoms with E-state index in [0.29, 0.717) is 16.1 Å². The molecule has 3 unspecified atom stereocenters. The second-order valence-corrected chi connectivity index (χ2v) is 6.30. The molecule has 1 nitrogen and oxygen atoms in total. The Morgan fingerprint density at radius 3 is 2.46 bits per heavy atom. The molecule has 0 aromatic heterocycles. The highest BCUT2D eigenvalue weighted by Crippen LogP contribution is 2.68. The summed E-state index contributed by atoms with van der Waals surface area (Å²) in [4.78, 5) is 0. The van der Waals surface area contributed by atoms with E-state index in [1.807, 2.05) is 0 Å². The van der Waals surface area contributed by atoms with Crippen LogP contribution in [0.3, 0.4) is 0 Å². The van der Waals surface area contributed by atoms with E-state index in [-0.39, 0.29) is 0 Å². The number of thiocyanates is 1. The molecule has 2 bridgehead atoms. The molecule has 72 valence electrons. The highest BCUT2D eigenvalue weighted by atomic mass is 32.2. The fourth-order valence-corrected chi connectivity index (χ4v) is 4.51. The molecular formula is C11H17NS. The molecule has 0 heterocycles. The topological polar surface area (TPSA) is 23.8 Å². The van der Waals surface area contributed by atoms with Crippen LogP contribution in [-0.4, -0.2) is 5.25 Å². The van der Waals surface area contributed by atoms with Gasteiger partial charge in [0.25, 0.3) is 0 Å². The van der Waals surface area contributed by atoms with Crippen molar-refractivity contribution >= 4 is 11.8 Å². The summed E-state index contributed by atoms with van der Waals surface area (Å²) in [6.07, 6.45) is 3.97. The molecule has 2 heteroatoms. The first-order valence-corrected chi connectivity index (χ1v) is 5.95. The minimum Gasteiger partial charge on any atom is -0.185 e. The summed E-state index contributed by atoms with van der Waals surface area (Å²) in [7, 11) is 0. The van der Waals surface area contributed by atoms with E-state index in [1.165, 1.54) is 31.0 Å². The van der Waals surface area contributed by atoms with Crippen molar-refractivity contribution in [2.45, 2.75) is 45.3 Å². The fourth-order valence-electron chi connectivity index (χ4n) is 3.37. The molecule has 2 aliphatic rings. The fraction of sp³-hybridized carbons (Fsp3) is 0.909. The minimum absolute atomic E-state index is 0.415. The summed E-state index contributed by atoms with van der Waals surface area (Å²) in [5, 5.41) is 11.6. The normalized spacial score (nSPS) is 46.3. The number of hydrogen-bond acceptors (Lipinski definition) is 2. The third-order valence-electron chi connectivity index (χ3n) is 4.91. The molecule has 13 heavy (non-hydrogen) atoms. The van der Waals surface area contributed by atoms with Crippen molar-refractivity contribution < 1.29 is 0 Å². The van der Waals surface area contributed by atoms with Gasteiger partial charge in [-0.3, -0.25) is 0 Å². The predicted molar refractivity (Wildman–Crippen MR) is 56.2 cm³/mol. The SMILES string of the molecule is CC1(C)C2CCC1(C)C(SC#N)C2. The summed E-state index contributed by atoms with van der Waals surface area (Å²) in [5.74, 6) is 0.864. The third-order valence-corrected chi connectivity index (χ3v) is 6.01. The van der Waals surface area contributed by atoms with Gasteiger partial charge in [-0.15, -0.1) is 0 Å². The average molecular weight is 195 g/mol. The van der Waals surface area contributed by atoms with E-state index < -0.39 is 0 Å². The number of rotatable bonds is 1. The first-order valence-electron chi connectivity index (χ1n) is 5.07. The maximum atomic E-state index is 8.75. The molecule has 0 N–H and O–H groups in total. The first-order chi connectivity index (χ1) is 6.02. The number of nitriles is 1. The van der Waals surface area contributed by atoms with Crippen LogP contribution in [-0.2, 0) is 0 Å². The van der Waals surface area contributed by atoms with Crippen molar-refractivity contribution in [3.63, 3.8) is 0 Å². The van der Waals surface area contributed by atoms with Crippen LogP contribution in [0, 0.1) is 27.4 Å². The van der Waals surface area contributed by atoms with Crippen LogP contribution >= 0.6 is 11.8 Å². The number of fused-ring (bicyclic) bond motifs is 2. The average Bonchev–Trinajstić information content (AvgIpc) is 2.37. The van der Waals surface area contributed by atoms with E-state index in [2.05, 4.69) is 26.2 Å². The first kappa shape index (κ1) is 9.40. The third kappa shape index (κ3) is 1.00. The zero-order chi connectivity index (χ0) is 9.69. The van der Waals surface area contributed by atoms with Gasteiger partial charge in [-0.1, -0.05) is 20.8 Å². The van der Waals surface area contributed by atoms with Crippen LogP contribution in [0.4, 0.5) is 0 Å². The molecule has 0 amide bonds. The Morgan fingerprint density at radius 2 is 2.08 bits per heavy atom. The number of hydrogen-bond donors (Lipinski definition) is 0. The predicted octanol–water partition coefficient (Wildman–Crippen LogP) is 3.42. The van der Waals surface area contributed by atoms with Gasteiger partial charge in [0.05, 0.1) is 0 Å². The maximum Gasteiger partial charge on any atom is 0.133 e.